The van der Waals surface area contributed by atoms with Gasteiger partial charge in [-0.25, -0.2) is 4.98 Å². The zero-order valence-electron chi connectivity index (χ0n) is 14.4. The van der Waals surface area contributed by atoms with Gasteiger partial charge < -0.3 is 4.74 Å². The standard InChI is InChI=1S/C21H22N2O2/c1-25-17-13-11-16(12-14-17)21(24)23-19-10-6-5-9-18(19)22-20(23)15-7-3-2-4-8-15/h5-6,9-15H,2-4,7-8H2,1H3. The molecule has 4 heteroatoms. The molecule has 0 spiro atoms. The van der Waals surface area contributed by atoms with Gasteiger partial charge in [-0.2, -0.15) is 0 Å². The molecule has 0 saturated heterocycles. The Morgan fingerprint density at radius 3 is 2.48 bits per heavy atom. The predicted octanol–water partition coefficient (Wildman–Crippen LogP) is 4.78. The number of carbonyl (C=O) groups is 1. The number of methoxy groups -OCH3 is 1. The van der Waals surface area contributed by atoms with E-state index in [2.05, 4.69) is 0 Å². The van der Waals surface area contributed by atoms with E-state index in [1.54, 1.807) is 7.11 Å². The highest BCUT2D eigenvalue weighted by Crippen LogP contribution is 2.34. The molecule has 0 aliphatic heterocycles. The summed E-state index contributed by atoms with van der Waals surface area (Å²) >= 11 is 0. The first-order valence-electron chi connectivity index (χ1n) is 8.94. The first-order valence-corrected chi connectivity index (χ1v) is 8.94. The SMILES string of the molecule is COc1ccc(C(=O)n2c(C3CCCCC3)nc3ccccc32)cc1. The van der Waals surface area contributed by atoms with Crippen LogP contribution in [0, 0.1) is 0 Å². The van der Waals surface area contributed by atoms with Crippen LogP contribution in [-0.4, -0.2) is 22.6 Å². The molecule has 1 aliphatic rings. The van der Waals surface area contributed by atoms with E-state index in [1.165, 1.54) is 19.3 Å². The van der Waals surface area contributed by atoms with Crippen LogP contribution in [0.15, 0.2) is 48.5 Å². The Labute approximate surface area is 147 Å². The minimum absolute atomic E-state index is 0.0167. The van der Waals surface area contributed by atoms with Crippen LogP contribution >= 0.6 is 0 Å². The molecule has 2 aromatic carbocycles. The normalized spacial score (nSPS) is 15.4. The molecule has 0 N–H and O–H groups in total. The van der Waals surface area contributed by atoms with Crippen molar-refractivity contribution in [2.24, 2.45) is 0 Å². The van der Waals surface area contributed by atoms with Gasteiger partial charge in [-0.15, -0.1) is 0 Å². The maximum Gasteiger partial charge on any atom is 0.263 e. The van der Waals surface area contributed by atoms with Crippen LogP contribution in [-0.2, 0) is 0 Å². The van der Waals surface area contributed by atoms with Gasteiger partial charge in [-0.1, -0.05) is 31.4 Å². The molecular formula is C21H22N2O2. The van der Waals surface area contributed by atoms with Crippen LogP contribution in [0.5, 0.6) is 5.75 Å². The average Bonchev–Trinajstić information content (AvgIpc) is 3.08. The lowest BCUT2D eigenvalue weighted by Crippen LogP contribution is -2.19. The quantitative estimate of drug-likeness (QED) is 0.692. The van der Waals surface area contributed by atoms with E-state index in [0.717, 1.165) is 35.4 Å². The van der Waals surface area contributed by atoms with Gasteiger partial charge in [-0.05, 0) is 49.2 Å². The summed E-state index contributed by atoms with van der Waals surface area (Å²) in [5.41, 5.74) is 2.44. The molecule has 0 unspecified atom stereocenters. The van der Waals surface area contributed by atoms with Gasteiger partial charge in [0.25, 0.3) is 5.91 Å². The number of rotatable bonds is 3. The van der Waals surface area contributed by atoms with E-state index < -0.39 is 0 Å². The molecule has 0 radical (unpaired) electrons. The smallest absolute Gasteiger partial charge is 0.263 e. The molecule has 25 heavy (non-hydrogen) atoms. The molecule has 1 saturated carbocycles. The molecule has 1 aliphatic carbocycles. The Balaban J connectivity index is 1.81. The summed E-state index contributed by atoms with van der Waals surface area (Å²) in [7, 11) is 1.63. The summed E-state index contributed by atoms with van der Waals surface area (Å²) in [5.74, 6) is 2.02. The lowest BCUT2D eigenvalue weighted by atomic mass is 9.88. The molecule has 1 aromatic heterocycles. The van der Waals surface area contributed by atoms with E-state index in [-0.39, 0.29) is 5.91 Å². The minimum atomic E-state index is -0.0167. The molecule has 3 aromatic rings. The molecule has 4 rings (SSSR count). The Morgan fingerprint density at radius 1 is 1.04 bits per heavy atom. The van der Waals surface area contributed by atoms with Crippen molar-refractivity contribution in [3.63, 3.8) is 0 Å². The number of para-hydroxylation sites is 2. The van der Waals surface area contributed by atoms with Crippen molar-refractivity contribution < 1.29 is 9.53 Å². The second-order valence-electron chi connectivity index (χ2n) is 6.66. The van der Waals surface area contributed by atoms with Gasteiger partial charge >= 0.3 is 0 Å². The minimum Gasteiger partial charge on any atom is -0.497 e. The van der Waals surface area contributed by atoms with E-state index in [0.29, 0.717) is 11.5 Å². The molecule has 4 nitrogen and oxygen atoms in total. The molecule has 0 atom stereocenters. The number of hydrogen-bond donors (Lipinski definition) is 0. The molecule has 128 valence electrons. The summed E-state index contributed by atoms with van der Waals surface area (Å²) in [6.07, 6.45) is 5.93. The Kier molecular flexibility index (Phi) is 4.26. The largest absolute Gasteiger partial charge is 0.497 e. The predicted molar refractivity (Wildman–Crippen MR) is 98.3 cm³/mol. The van der Waals surface area contributed by atoms with Crippen molar-refractivity contribution in [2.75, 3.05) is 7.11 Å². The first kappa shape index (κ1) is 15.9. The fraction of sp³-hybridized carbons (Fsp3) is 0.333. The lowest BCUT2D eigenvalue weighted by molar-refractivity contribution is 0.0958. The third-order valence-electron chi connectivity index (χ3n) is 5.10. The van der Waals surface area contributed by atoms with Crippen LogP contribution < -0.4 is 4.74 Å². The third kappa shape index (κ3) is 2.93. The van der Waals surface area contributed by atoms with Crippen LogP contribution in [0.4, 0.5) is 0 Å². The van der Waals surface area contributed by atoms with Crippen molar-refractivity contribution in [1.29, 1.82) is 0 Å². The molecule has 0 bridgehead atoms. The van der Waals surface area contributed by atoms with Crippen LogP contribution in [0.3, 0.4) is 0 Å². The number of ether oxygens (including phenoxy) is 1. The number of hydrogen-bond acceptors (Lipinski definition) is 3. The van der Waals surface area contributed by atoms with Gasteiger partial charge in [0, 0.05) is 11.5 Å². The van der Waals surface area contributed by atoms with Gasteiger partial charge in [-0.3, -0.25) is 9.36 Å². The first-order chi connectivity index (χ1) is 12.3. The molecule has 0 amide bonds. The lowest BCUT2D eigenvalue weighted by Gasteiger charge is -2.21. The maximum atomic E-state index is 13.3. The summed E-state index contributed by atoms with van der Waals surface area (Å²) in [4.78, 5) is 18.1. The van der Waals surface area contributed by atoms with E-state index in [9.17, 15) is 4.79 Å². The third-order valence-corrected chi connectivity index (χ3v) is 5.10. The van der Waals surface area contributed by atoms with Crippen molar-refractivity contribution in [3.8, 4) is 5.75 Å². The highest BCUT2D eigenvalue weighted by Gasteiger charge is 2.25. The molecular weight excluding hydrogens is 312 g/mol. The van der Waals surface area contributed by atoms with Crippen molar-refractivity contribution >= 4 is 16.9 Å². The number of benzene rings is 2. The Morgan fingerprint density at radius 2 is 1.76 bits per heavy atom. The topological polar surface area (TPSA) is 44.1 Å². The number of aromatic nitrogens is 2. The van der Waals surface area contributed by atoms with Gasteiger partial charge in [0.1, 0.15) is 11.6 Å². The Hall–Kier alpha value is -2.62. The highest BCUT2D eigenvalue weighted by molar-refractivity contribution is 6.01. The molecule has 1 heterocycles. The summed E-state index contributed by atoms with van der Waals surface area (Å²) in [6.45, 7) is 0. The molecule has 1 fully saturated rings. The second-order valence-corrected chi connectivity index (χ2v) is 6.66. The van der Waals surface area contributed by atoms with Gasteiger partial charge in [0.2, 0.25) is 0 Å². The number of carbonyl (C=O) groups excluding carboxylic acids is 1. The number of nitrogens with zero attached hydrogens (tertiary/aromatic N) is 2. The van der Waals surface area contributed by atoms with E-state index >= 15 is 0 Å². The monoisotopic (exact) mass is 334 g/mol. The van der Waals surface area contributed by atoms with Crippen molar-refractivity contribution in [1.82, 2.24) is 9.55 Å². The van der Waals surface area contributed by atoms with Crippen LogP contribution in [0.1, 0.15) is 54.2 Å². The zero-order chi connectivity index (χ0) is 17.2. The Bertz CT molecular complexity index is 890. The summed E-state index contributed by atoms with van der Waals surface area (Å²) in [6, 6.07) is 15.2. The van der Waals surface area contributed by atoms with E-state index in [1.807, 2.05) is 53.1 Å². The number of fused-ring (bicyclic) bond motifs is 1. The average molecular weight is 334 g/mol. The summed E-state index contributed by atoms with van der Waals surface area (Å²) < 4.78 is 7.02. The van der Waals surface area contributed by atoms with Gasteiger partial charge in [0.15, 0.2) is 0 Å². The second kappa shape index (κ2) is 6.71. The number of imidazole rings is 1. The van der Waals surface area contributed by atoms with Crippen molar-refractivity contribution in [3.05, 3.63) is 59.9 Å². The fourth-order valence-corrected chi connectivity index (χ4v) is 3.76. The maximum absolute atomic E-state index is 13.3. The van der Waals surface area contributed by atoms with Crippen molar-refractivity contribution in [2.45, 2.75) is 38.0 Å². The van der Waals surface area contributed by atoms with Crippen LogP contribution in [0.25, 0.3) is 11.0 Å². The zero-order valence-corrected chi connectivity index (χ0v) is 14.4. The van der Waals surface area contributed by atoms with Crippen LogP contribution in [0.2, 0.25) is 0 Å². The van der Waals surface area contributed by atoms with E-state index in [4.69, 9.17) is 9.72 Å². The van der Waals surface area contributed by atoms with Gasteiger partial charge in [0.05, 0.1) is 18.1 Å². The fourth-order valence-electron chi connectivity index (χ4n) is 3.76. The highest BCUT2D eigenvalue weighted by atomic mass is 16.5. The summed E-state index contributed by atoms with van der Waals surface area (Å²) in [5, 5.41) is 0.